The van der Waals surface area contributed by atoms with E-state index in [1.807, 2.05) is 6.92 Å². The predicted molar refractivity (Wildman–Crippen MR) is 88.3 cm³/mol. The Morgan fingerprint density at radius 2 is 1.85 bits per heavy atom. The Balaban J connectivity index is 0.00000110. The van der Waals surface area contributed by atoms with E-state index in [-0.39, 0.29) is 12.5 Å². The maximum atomic E-state index is 11.4. The van der Waals surface area contributed by atoms with E-state index in [1.54, 1.807) is 12.1 Å². The molecule has 1 rings (SSSR count). The summed E-state index contributed by atoms with van der Waals surface area (Å²) in [6, 6.07) is 6.19. The SMILES string of the molecule is CCNC(=O)c1ccc(OC(=O)CON)cc1.[I][V][I]. The number of esters is 1. The van der Waals surface area contributed by atoms with Crippen LogP contribution in [0, 0.1) is 0 Å². The summed E-state index contributed by atoms with van der Waals surface area (Å²) in [6.07, 6.45) is 0. The van der Waals surface area contributed by atoms with Crippen molar-refractivity contribution in [2.75, 3.05) is 13.2 Å². The van der Waals surface area contributed by atoms with Gasteiger partial charge in [-0.2, -0.15) is 0 Å². The second-order valence-corrected chi connectivity index (χ2v) is 15.0. The van der Waals surface area contributed by atoms with Gasteiger partial charge in [0.2, 0.25) is 0 Å². The van der Waals surface area contributed by atoms with Gasteiger partial charge in [-0.1, -0.05) is 0 Å². The molecule has 0 unspecified atom stereocenters. The van der Waals surface area contributed by atoms with Crippen LogP contribution in [0.3, 0.4) is 0 Å². The molecule has 20 heavy (non-hydrogen) atoms. The van der Waals surface area contributed by atoms with Crippen LogP contribution in [0.15, 0.2) is 24.3 Å². The molecule has 0 saturated carbocycles. The van der Waals surface area contributed by atoms with Crippen molar-refractivity contribution in [2.24, 2.45) is 5.90 Å². The molecule has 0 aliphatic carbocycles. The third-order valence-corrected chi connectivity index (χ3v) is 1.89. The average Bonchev–Trinajstić information content (AvgIpc) is 2.41. The van der Waals surface area contributed by atoms with Crippen LogP contribution in [0.4, 0.5) is 0 Å². The number of rotatable bonds is 5. The van der Waals surface area contributed by atoms with Gasteiger partial charge in [0, 0.05) is 12.1 Å². The van der Waals surface area contributed by atoms with E-state index in [0.717, 1.165) is 0 Å². The molecular weight excluding hydrogens is 529 g/mol. The van der Waals surface area contributed by atoms with E-state index in [2.05, 4.69) is 50.1 Å². The van der Waals surface area contributed by atoms with Crippen LogP contribution < -0.4 is 16.0 Å². The summed E-state index contributed by atoms with van der Waals surface area (Å²) in [5, 5.41) is 2.66. The van der Waals surface area contributed by atoms with E-state index in [4.69, 9.17) is 10.6 Å². The Kier molecular flexibility index (Phi) is 12.9. The zero-order chi connectivity index (χ0) is 15.4. The number of amides is 1. The normalized spacial score (nSPS) is 9.00. The number of hydrogen-bond donors (Lipinski definition) is 2. The summed E-state index contributed by atoms with van der Waals surface area (Å²) in [5.74, 6) is 4.29. The van der Waals surface area contributed by atoms with Crippen LogP contribution in [0.2, 0.25) is 0 Å². The van der Waals surface area contributed by atoms with Gasteiger partial charge in [0.25, 0.3) is 5.91 Å². The van der Waals surface area contributed by atoms with E-state index in [1.165, 1.54) is 12.1 Å². The summed E-state index contributed by atoms with van der Waals surface area (Å²) in [4.78, 5) is 26.6. The summed E-state index contributed by atoms with van der Waals surface area (Å²) in [5.41, 5.74) is 0.502. The van der Waals surface area contributed by atoms with Crippen LogP contribution >= 0.6 is 40.0 Å². The first-order chi connectivity index (χ1) is 9.58. The van der Waals surface area contributed by atoms with Crippen LogP contribution in [-0.4, -0.2) is 25.0 Å². The number of carbonyl (C=O) groups excluding carboxylic acids is 2. The molecule has 0 spiro atoms. The molecule has 0 bridgehead atoms. The quantitative estimate of drug-likeness (QED) is 0.257. The fourth-order valence-electron chi connectivity index (χ4n) is 1.17. The molecule has 1 aromatic rings. The molecule has 0 saturated heterocycles. The van der Waals surface area contributed by atoms with Crippen LogP contribution in [-0.2, 0) is 19.1 Å². The maximum absolute atomic E-state index is 11.4. The number of nitrogens with two attached hydrogens (primary N) is 1. The average molecular weight is 543 g/mol. The fraction of sp³-hybridized carbons (Fsp3) is 0.273. The van der Waals surface area contributed by atoms with E-state index >= 15 is 0 Å². The molecule has 0 atom stereocenters. The van der Waals surface area contributed by atoms with E-state index in [0.29, 0.717) is 27.3 Å². The first kappa shape index (κ1) is 20.1. The zero-order valence-corrected chi connectivity index (χ0v) is 16.3. The number of carbonyl (C=O) groups is 2. The fourth-order valence-corrected chi connectivity index (χ4v) is 1.17. The van der Waals surface area contributed by atoms with Gasteiger partial charge < -0.3 is 10.1 Å². The van der Waals surface area contributed by atoms with Gasteiger partial charge in [0.15, 0.2) is 6.61 Å². The molecule has 0 aliphatic heterocycles. The molecule has 111 valence electrons. The number of benzene rings is 1. The molecule has 1 aromatic carbocycles. The van der Waals surface area contributed by atoms with Crippen LogP contribution in [0.5, 0.6) is 5.75 Å². The van der Waals surface area contributed by atoms with Gasteiger partial charge in [0.1, 0.15) is 5.75 Å². The van der Waals surface area contributed by atoms with Gasteiger partial charge in [-0.05, 0) is 31.2 Å². The summed E-state index contributed by atoms with van der Waals surface area (Å²) in [6.45, 7) is 2.07. The Hall–Kier alpha value is 0.124. The van der Waals surface area contributed by atoms with E-state index < -0.39 is 5.97 Å². The third kappa shape index (κ3) is 9.13. The standard InChI is InChI=1S/C11H14N2O4.2HI.V/c1-2-13-11(15)8-3-5-9(6-4-8)17-10(14)7-16-12;;;/h3-6H,2,7,12H2,1H3,(H,13,15);2*1H;/q;;;+2/p-2. The Morgan fingerprint density at radius 3 is 2.30 bits per heavy atom. The van der Waals surface area contributed by atoms with E-state index in [9.17, 15) is 9.59 Å². The minimum absolute atomic E-state index is 0.171. The predicted octanol–water partition coefficient (Wildman–Crippen LogP) is 2.00. The van der Waals surface area contributed by atoms with Gasteiger partial charge in [-0.15, -0.1) is 0 Å². The molecule has 0 radical (unpaired) electrons. The molecule has 0 fully saturated rings. The number of hydrogen-bond acceptors (Lipinski definition) is 5. The third-order valence-electron chi connectivity index (χ3n) is 1.89. The Morgan fingerprint density at radius 1 is 1.30 bits per heavy atom. The second-order valence-electron chi connectivity index (χ2n) is 3.23. The molecule has 6 nitrogen and oxygen atoms in total. The van der Waals surface area contributed by atoms with Crippen molar-refractivity contribution >= 4 is 51.8 Å². The summed E-state index contributed by atoms with van der Waals surface area (Å²) >= 11 is 4.74. The van der Waals surface area contributed by atoms with Crippen LogP contribution in [0.25, 0.3) is 0 Å². The molecular formula is C11H14I2N2O4V. The van der Waals surface area contributed by atoms with Gasteiger partial charge >= 0.3 is 55.4 Å². The zero-order valence-electron chi connectivity index (χ0n) is 10.6. The Bertz CT molecular complexity index is 417. The second kappa shape index (κ2) is 12.8. The van der Waals surface area contributed by atoms with Crippen molar-refractivity contribution in [3.05, 3.63) is 29.8 Å². The van der Waals surface area contributed by atoms with Crippen molar-refractivity contribution in [3.63, 3.8) is 0 Å². The molecule has 3 N–H and O–H groups in total. The first-order valence-corrected chi connectivity index (χ1v) is 14.4. The van der Waals surface area contributed by atoms with Gasteiger partial charge in [-0.25, -0.2) is 10.7 Å². The molecule has 1 amide bonds. The number of ether oxygens (including phenoxy) is 1. The van der Waals surface area contributed by atoms with Crippen molar-refractivity contribution in [1.82, 2.24) is 5.32 Å². The topological polar surface area (TPSA) is 90.6 Å². The monoisotopic (exact) mass is 543 g/mol. The van der Waals surface area contributed by atoms with Crippen molar-refractivity contribution in [3.8, 4) is 5.75 Å². The molecule has 0 aromatic heterocycles. The molecule has 0 aliphatic rings. The number of halogens is 2. The molecule has 0 heterocycles. The van der Waals surface area contributed by atoms with Gasteiger partial charge in [-0.3, -0.25) is 9.63 Å². The van der Waals surface area contributed by atoms with Crippen LogP contribution in [0.1, 0.15) is 17.3 Å². The first-order valence-electron chi connectivity index (χ1n) is 5.41. The van der Waals surface area contributed by atoms with Gasteiger partial charge in [0.05, 0.1) is 0 Å². The van der Waals surface area contributed by atoms with Crippen molar-refractivity contribution in [2.45, 2.75) is 6.92 Å². The summed E-state index contributed by atoms with van der Waals surface area (Å²) in [7, 11) is 0.628. The molecule has 9 heteroatoms. The number of nitrogens with one attached hydrogen (secondary N) is 1. The summed E-state index contributed by atoms with van der Waals surface area (Å²) < 4.78 is 4.87. The van der Waals surface area contributed by atoms with Crippen molar-refractivity contribution < 1.29 is 28.6 Å². The Labute approximate surface area is 146 Å². The minimum atomic E-state index is -0.599. The van der Waals surface area contributed by atoms with Crippen molar-refractivity contribution in [1.29, 1.82) is 0 Å².